The lowest BCUT2D eigenvalue weighted by molar-refractivity contribution is -0.139. The highest BCUT2D eigenvalue weighted by Gasteiger charge is 2.23. The number of halogens is 1. The summed E-state index contributed by atoms with van der Waals surface area (Å²) in [7, 11) is 0. The van der Waals surface area contributed by atoms with Crippen LogP contribution in [0.15, 0.2) is 77.3 Å². The van der Waals surface area contributed by atoms with Crippen molar-refractivity contribution in [2.24, 2.45) is 0 Å². The van der Waals surface area contributed by atoms with E-state index in [-0.39, 0.29) is 13.2 Å². The third kappa shape index (κ3) is 7.29. The fourth-order valence-corrected chi connectivity index (χ4v) is 4.80. The first kappa shape index (κ1) is 28.4. The first-order valence-corrected chi connectivity index (χ1v) is 14.1. The van der Waals surface area contributed by atoms with Crippen molar-refractivity contribution in [2.45, 2.75) is 32.6 Å². The Labute approximate surface area is 236 Å². The molecule has 1 aromatic heterocycles. The van der Waals surface area contributed by atoms with Gasteiger partial charge in [-0.1, -0.05) is 54.1 Å². The number of benzene rings is 3. The Balaban J connectivity index is 1.51. The molecule has 39 heavy (non-hydrogen) atoms. The molecule has 4 rings (SSSR count). The summed E-state index contributed by atoms with van der Waals surface area (Å²) in [4.78, 5) is 29.3. The van der Waals surface area contributed by atoms with Crippen LogP contribution in [0, 0.1) is 6.92 Å². The number of aromatic nitrogens is 1. The van der Waals surface area contributed by atoms with Crippen molar-refractivity contribution >= 4 is 35.2 Å². The second-order valence-electron chi connectivity index (χ2n) is 8.94. The van der Waals surface area contributed by atoms with E-state index in [0.717, 1.165) is 16.7 Å². The molecule has 0 saturated carbocycles. The van der Waals surface area contributed by atoms with E-state index in [4.69, 9.17) is 20.8 Å². The van der Waals surface area contributed by atoms with Crippen molar-refractivity contribution in [3.05, 3.63) is 100 Å². The lowest BCUT2D eigenvalue weighted by Gasteiger charge is -2.17. The van der Waals surface area contributed by atoms with Gasteiger partial charge in [-0.15, -0.1) is 0 Å². The van der Waals surface area contributed by atoms with E-state index >= 15 is 0 Å². The highest BCUT2D eigenvalue weighted by molar-refractivity contribution is 7.98. The molecule has 1 unspecified atom stereocenters. The topological polar surface area (TPSA) is 102 Å². The van der Waals surface area contributed by atoms with E-state index in [9.17, 15) is 14.7 Å². The van der Waals surface area contributed by atoms with Gasteiger partial charge in [-0.25, -0.2) is 9.78 Å². The Morgan fingerprint density at radius 3 is 2.51 bits per heavy atom. The fourth-order valence-electron chi connectivity index (χ4n) is 4.11. The molecule has 9 heteroatoms. The number of carboxylic acid groups (broad SMARTS) is 1. The van der Waals surface area contributed by atoms with Gasteiger partial charge in [-0.05, 0) is 71.9 Å². The van der Waals surface area contributed by atoms with Crippen LogP contribution in [0.4, 0.5) is 0 Å². The number of hydrogen-bond acceptors (Lipinski definition) is 6. The maximum absolute atomic E-state index is 13.2. The predicted molar refractivity (Wildman–Crippen MR) is 154 cm³/mol. The lowest BCUT2D eigenvalue weighted by Crippen LogP contribution is -2.41. The smallest absolute Gasteiger partial charge is 0.326 e. The molecule has 1 atom stereocenters. The number of aliphatic carboxylic acids is 1. The van der Waals surface area contributed by atoms with E-state index in [1.807, 2.05) is 67.8 Å². The van der Waals surface area contributed by atoms with Crippen LogP contribution in [0.2, 0.25) is 5.02 Å². The number of nitrogens with one attached hydrogen (secondary N) is 1. The van der Waals surface area contributed by atoms with Gasteiger partial charge in [0.1, 0.15) is 12.6 Å². The summed E-state index contributed by atoms with van der Waals surface area (Å²) in [6.45, 7) is 2.45. The van der Waals surface area contributed by atoms with Crippen molar-refractivity contribution in [3.63, 3.8) is 0 Å². The van der Waals surface area contributed by atoms with Gasteiger partial charge in [-0.3, -0.25) is 4.79 Å². The van der Waals surface area contributed by atoms with E-state index in [0.29, 0.717) is 45.5 Å². The molecule has 0 aliphatic heterocycles. The Morgan fingerprint density at radius 2 is 1.79 bits per heavy atom. The van der Waals surface area contributed by atoms with Gasteiger partial charge in [0.05, 0.1) is 23.4 Å². The zero-order valence-electron chi connectivity index (χ0n) is 21.6. The molecule has 0 spiro atoms. The number of hydrogen-bond donors (Lipinski definition) is 2. The number of ether oxygens (including phenoxy) is 1. The molecular formula is C30H29ClN2O5S. The Morgan fingerprint density at radius 1 is 1.05 bits per heavy atom. The van der Waals surface area contributed by atoms with Gasteiger partial charge in [-0.2, -0.15) is 11.8 Å². The van der Waals surface area contributed by atoms with Gasteiger partial charge in [0.15, 0.2) is 5.76 Å². The highest BCUT2D eigenvalue weighted by Crippen LogP contribution is 2.30. The summed E-state index contributed by atoms with van der Waals surface area (Å²) in [5, 5.41) is 12.8. The van der Waals surface area contributed by atoms with E-state index in [1.54, 1.807) is 18.3 Å². The van der Waals surface area contributed by atoms with Gasteiger partial charge in [0.2, 0.25) is 5.89 Å². The zero-order chi connectivity index (χ0) is 27.8. The molecule has 0 aliphatic rings. The van der Waals surface area contributed by atoms with Crippen LogP contribution < -0.4 is 5.32 Å². The number of thioether (sulfide) groups is 1. The number of carboxylic acids is 1. The molecule has 2 N–H and O–H groups in total. The van der Waals surface area contributed by atoms with Crippen LogP contribution in [0.25, 0.3) is 22.6 Å². The second kappa shape index (κ2) is 13.5. The molecule has 0 radical (unpaired) electrons. The van der Waals surface area contributed by atoms with Crippen LogP contribution in [-0.4, -0.2) is 40.0 Å². The quantitative estimate of drug-likeness (QED) is 0.199. The summed E-state index contributed by atoms with van der Waals surface area (Å²) in [5.74, 6) is 0.134. The molecule has 1 heterocycles. The molecule has 7 nitrogen and oxygen atoms in total. The fraction of sp³-hybridized carbons (Fsp3) is 0.233. The van der Waals surface area contributed by atoms with Gasteiger partial charge in [0, 0.05) is 5.56 Å². The summed E-state index contributed by atoms with van der Waals surface area (Å²) in [5.41, 5.74) is 4.56. The van der Waals surface area contributed by atoms with E-state index < -0.39 is 17.9 Å². The Kier molecular flexibility index (Phi) is 9.81. The van der Waals surface area contributed by atoms with Crippen molar-refractivity contribution in [1.82, 2.24) is 10.3 Å². The van der Waals surface area contributed by atoms with Crippen LogP contribution >= 0.6 is 23.4 Å². The largest absolute Gasteiger partial charge is 0.480 e. The van der Waals surface area contributed by atoms with E-state index in [2.05, 4.69) is 10.3 Å². The molecule has 1 amide bonds. The normalized spacial score (nSPS) is 11.8. The zero-order valence-corrected chi connectivity index (χ0v) is 23.2. The minimum Gasteiger partial charge on any atom is -0.480 e. The number of carbonyl (C=O) groups is 2. The van der Waals surface area contributed by atoms with E-state index in [1.165, 1.54) is 11.8 Å². The summed E-state index contributed by atoms with van der Waals surface area (Å²) in [6, 6.07) is 19.5. The molecule has 0 aliphatic carbocycles. The molecule has 202 valence electrons. The number of aryl methyl sites for hydroxylation is 1. The van der Waals surface area contributed by atoms with Crippen molar-refractivity contribution < 1.29 is 23.8 Å². The highest BCUT2D eigenvalue weighted by atomic mass is 35.5. The number of rotatable bonds is 12. The second-order valence-corrected chi connectivity index (χ2v) is 10.3. The lowest BCUT2D eigenvalue weighted by atomic mass is 9.93. The number of carbonyl (C=O) groups excluding carboxylic acids is 1. The van der Waals surface area contributed by atoms with Gasteiger partial charge < -0.3 is 19.6 Å². The average molecular weight is 565 g/mol. The monoisotopic (exact) mass is 564 g/mol. The first-order chi connectivity index (χ1) is 18.9. The van der Waals surface area contributed by atoms with Crippen molar-refractivity contribution in [1.29, 1.82) is 0 Å². The number of nitrogens with zero attached hydrogens (tertiary/aromatic N) is 1. The molecule has 4 aromatic rings. The van der Waals surface area contributed by atoms with Crippen molar-refractivity contribution in [3.8, 4) is 22.6 Å². The Hall–Kier alpha value is -3.59. The van der Waals surface area contributed by atoms with Crippen LogP contribution in [-0.2, 0) is 22.7 Å². The number of amides is 1. The molecule has 0 fully saturated rings. The first-order valence-electron chi connectivity index (χ1n) is 12.4. The number of oxazole rings is 1. The van der Waals surface area contributed by atoms with Crippen LogP contribution in [0.5, 0.6) is 0 Å². The molecular weight excluding hydrogens is 536 g/mol. The van der Waals surface area contributed by atoms with Crippen LogP contribution in [0.3, 0.4) is 0 Å². The molecule has 0 saturated heterocycles. The predicted octanol–water partition coefficient (Wildman–Crippen LogP) is 6.62. The third-order valence-electron chi connectivity index (χ3n) is 6.15. The maximum atomic E-state index is 13.2. The maximum Gasteiger partial charge on any atom is 0.326 e. The third-order valence-corrected chi connectivity index (χ3v) is 7.12. The Bertz CT molecular complexity index is 1450. The van der Waals surface area contributed by atoms with Crippen molar-refractivity contribution in [2.75, 3.05) is 12.0 Å². The minimum absolute atomic E-state index is 0.203. The van der Waals surface area contributed by atoms with Crippen LogP contribution in [0.1, 0.15) is 33.7 Å². The van der Waals surface area contributed by atoms with Gasteiger partial charge >= 0.3 is 5.97 Å². The SMILES string of the molecule is CSCCC(NC(=O)c1ccc(COCc2cnc(-c3ccccc3Cl)o2)cc1-c1ccccc1C)C(=O)O. The summed E-state index contributed by atoms with van der Waals surface area (Å²) < 4.78 is 11.7. The molecule has 3 aromatic carbocycles. The molecule has 0 bridgehead atoms. The van der Waals surface area contributed by atoms with Gasteiger partial charge in [0.25, 0.3) is 5.91 Å². The summed E-state index contributed by atoms with van der Waals surface area (Å²) >= 11 is 7.78. The average Bonchev–Trinajstić information content (AvgIpc) is 3.40. The standard InChI is InChI=1S/C30H29ClN2O5S/c1-19-7-3-4-8-22(19)25-15-20(11-12-23(25)28(34)33-27(30(35)36)13-14-39-2)17-37-18-21-16-32-29(38-21)24-9-5-6-10-26(24)31/h3-12,15-16,27H,13-14,17-18H2,1-2H3,(H,33,34)(H,35,36). The minimum atomic E-state index is -1.05. The summed E-state index contributed by atoms with van der Waals surface area (Å²) in [6.07, 6.45) is 3.85.